The van der Waals surface area contributed by atoms with Gasteiger partial charge in [0.05, 0.1) is 11.1 Å². The van der Waals surface area contributed by atoms with Crippen LogP contribution in [0.2, 0.25) is 5.02 Å². The number of sulfonamides is 1. The van der Waals surface area contributed by atoms with Crippen LogP contribution >= 0.6 is 11.6 Å². The highest BCUT2D eigenvalue weighted by Crippen LogP contribution is 2.27. The maximum atomic E-state index is 12.4. The van der Waals surface area contributed by atoms with Crippen molar-refractivity contribution in [3.63, 3.8) is 0 Å². The predicted molar refractivity (Wildman–Crippen MR) is 91.6 cm³/mol. The summed E-state index contributed by atoms with van der Waals surface area (Å²) in [7, 11) is -3.70. The zero-order chi connectivity index (χ0) is 16.3. The number of anilines is 1. The third kappa shape index (κ3) is 3.98. The predicted octanol–water partition coefficient (Wildman–Crippen LogP) is 4.46. The summed E-state index contributed by atoms with van der Waals surface area (Å²) < 4.78 is 33.1. The molecule has 0 amide bonds. The number of hydrogen-bond acceptors (Lipinski definition) is 3. The van der Waals surface area contributed by atoms with E-state index in [0.717, 1.165) is 18.6 Å². The van der Waals surface area contributed by atoms with E-state index in [9.17, 15) is 8.42 Å². The zero-order valence-corrected chi connectivity index (χ0v) is 14.1. The van der Waals surface area contributed by atoms with E-state index in [1.807, 2.05) is 0 Å². The van der Waals surface area contributed by atoms with Crippen LogP contribution in [0.1, 0.15) is 25.7 Å². The lowest BCUT2D eigenvalue weighted by molar-refractivity contribution is 0.210. The average Bonchev–Trinajstić information content (AvgIpc) is 3.02. The summed E-state index contributed by atoms with van der Waals surface area (Å²) in [5.41, 5.74) is 0.476. The van der Waals surface area contributed by atoms with E-state index >= 15 is 0 Å². The fraction of sp³-hybridized carbons (Fsp3) is 0.294. The lowest BCUT2D eigenvalue weighted by atomic mass is 10.3. The van der Waals surface area contributed by atoms with Gasteiger partial charge >= 0.3 is 0 Å². The van der Waals surface area contributed by atoms with Crippen LogP contribution in [0.3, 0.4) is 0 Å². The van der Waals surface area contributed by atoms with Crippen molar-refractivity contribution in [3.8, 4) is 5.75 Å². The lowest BCUT2D eigenvalue weighted by Crippen LogP contribution is -2.13. The standard InChI is InChI=1S/C17H18ClNO3S/c18-16-7-3-4-8-17(16)23(20,21)19-13-9-11-15(12-10-13)22-14-5-1-2-6-14/h3-4,7-12,14,19H,1-2,5-6H2. The SMILES string of the molecule is O=S(=O)(Nc1ccc(OC2CCCC2)cc1)c1ccccc1Cl. The Morgan fingerprint density at radius 1 is 1.00 bits per heavy atom. The number of rotatable bonds is 5. The smallest absolute Gasteiger partial charge is 0.263 e. The number of benzene rings is 2. The number of ether oxygens (including phenoxy) is 1. The summed E-state index contributed by atoms with van der Waals surface area (Å²) in [6, 6.07) is 13.3. The summed E-state index contributed by atoms with van der Waals surface area (Å²) in [6.07, 6.45) is 4.86. The highest BCUT2D eigenvalue weighted by atomic mass is 35.5. The van der Waals surface area contributed by atoms with Gasteiger partial charge in [-0.25, -0.2) is 8.42 Å². The summed E-state index contributed by atoms with van der Waals surface area (Å²) >= 11 is 5.96. The topological polar surface area (TPSA) is 55.4 Å². The Balaban J connectivity index is 1.71. The van der Waals surface area contributed by atoms with Gasteiger partial charge in [-0.15, -0.1) is 0 Å². The molecule has 2 aromatic carbocycles. The van der Waals surface area contributed by atoms with Crippen molar-refractivity contribution >= 4 is 27.3 Å². The van der Waals surface area contributed by atoms with E-state index in [4.69, 9.17) is 16.3 Å². The molecule has 0 saturated heterocycles. The van der Waals surface area contributed by atoms with Crippen LogP contribution in [-0.4, -0.2) is 14.5 Å². The van der Waals surface area contributed by atoms with Crippen LogP contribution in [-0.2, 0) is 10.0 Å². The summed E-state index contributed by atoms with van der Waals surface area (Å²) in [4.78, 5) is 0.0629. The highest BCUT2D eigenvalue weighted by Gasteiger charge is 2.18. The Hall–Kier alpha value is -1.72. The minimum atomic E-state index is -3.70. The van der Waals surface area contributed by atoms with E-state index in [0.29, 0.717) is 5.69 Å². The van der Waals surface area contributed by atoms with Gasteiger partial charge in [-0.3, -0.25) is 4.72 Å². The zero-order valence-electron chi connectivity index (χ0n) is 12.5. The molecule has 23 heavy (non-hydrogen) atoms. The molecule has 0 unspecified atom stereocenters. The van der Waals surface area contributed by atoms with Gasteiger partial charge < -0.3 is 4.74 Å². The van der Waals surface area contributed by atoms with Crippen molar-refractivity contribution in [3.05, 3.63) is 53.6 Å². The Morgan fingerprint density at radius 2 is 1.65 bits per heavy atom. The molecule has 0 aromatic heterocycles. The largest absolute Gasteiger partial charge is 0.490 e. The molecule has 1 aliphatic rings. The molecular formula is C17H18ClNO3S. The monoisotopic (exact) mass is 351 g/mol. The van der Waals surface area contributed by atoms with E-state index in [1.165, 1.54) is 18.9 Å². The van der Waals surface area contributed by atoms with Crippen molar-refractivity contribution in [2.45, 2.75) is 36.7 Å². The summed E-state index contributed by atoms with van der Waals surface area (Å²) in [5.74, 6) is 0.762. The van der Waals surface area contributed by atoms with Gasteiger partial charge in [-0.1, -0.05) is 23.7 Å². The van der Waals surface area contributed by atoms with Crippen molar-refractivity contribution in [2.24, 2.45) is 0 Å². The number of hydrogen-bond donors (Lipinski definition) is 1. The van der Waals surface area contributed by atoms with Crippen molar-refractivity contribution in [1.82, 2.24) is 0 Å². The molecule has 0 bridgehead atoms. The minimum Gasteiger partial charge on any atom is -0.490 e. The molecule has 4 nitrogen and oxygen atoms in total. The molecular weight excluding hydrogens is 334 g/mol. The first-order valence-corrected chi connectivity index (χ1v) is 9.45. The van der Waals surface area contributed by atoms with E-state index in [-0.39, 0.29) is 16.0 Å². The molecule has 1 N–H and O–H groups in total. The van der Waals surface area contributed by atoms with Crippen molar-refractivity contribution < 1.29 is 13.2 Å². The first-order valence-electron chi connectivity index (χ1n) is 7.59. The molecule has 0 atom stereocenters. The first kappa shape index (κ1) is 16.1. The van der Waals surface area contributed by atoms with Gasteiger partial charge in [0.15, 0.2) is 0 Å². The Morgan fingerprint density at radius 3 is 2.30 bits per heavy atom. The third-order valence-electron chi connectivity index (χ3n) is 3.84. The Labute approximate surface area is 141 Å². The second-order valence-electron chi connectivity index (χ2n) is 5.58. The maximum absolute atomic E-state index is 12.4. The van der Waals surface area contributed by atoms with Crippen molar-refractivity contribution in [2.75, 3.05) is 4.72 Å². The van der Waals surface area contributed by atoms with Crippen LogP contribution in [0.15, 0.2) is 53.4 Å². The normalized spacial score (nSPS) is 15.5. The molecule has 2 aromatic rings. The quantitative estimate of drug-likeness (QED) is 0.865. The van der Waals surface area contributed by atoms with Gasteiger partial charge in [-0.2, -0.15) is 0 Å². The molecule has 1 fully saturated rings. The van der Waals surface area contributed by atoms with Crippen LogP contribution < -0.4 is 9.46 Å². The third-order valence-corrected chi connectivity index (χ3v) is 5.72. The minimum absolute atomic E-state index is 0.0629. The fourth-order valence-corrected chi connectivity index (χ4v) is 4.25. The Bertz CT molecular complexity index is 769. The molecule has 1 aliphatic carbocycles. The average molecular weight is 352 g/mol. The van der Waals surface area contributed by atoms with Crippen LogP contribution in [0, 0.1) is 0 Å². The second-order valence-corrected chi connectivity index (χ2v) is 7.64. The van der Waals surface area contributed by atoms with Gasteiger partial charge in [0.1, 0.15) is 10.6 Å². The maximum Gasteiger partial charge on any atom is 0.263 e. The van der Waals surface area contributed by atoms with Crippen LogP contribution in [0.4, 0.5) is 5.69 Å². The fourth-order valence-electron chi connectivity index (χ4n) is 2.67. The van der Waals surface area contributed by atoms with Gasteiger partial charge in [0.2, 0.25) is 0 Å². The van der Waals surface area contributed by atoms with Gasteiger partial charge in [0, 0.05) is 5.69 Å². The summed E-state index contributed by atoms with van der Waals surface area (Å²) in [6.45, 7) is 0. The molecule has 6 heteroatoms. The molecule has 122 valence electrons. The lowest BCUT2D eigenvalue weighted by Gasteiger charge is -2.14. The summed E-state index contributed by atoms with van der Waals surface area (Å²) in [5, 5.41) is 0.196. The number of nitrogens with one attached hydrogen (secondary N) is 1. The second kappa shape index (κ2) is 6.81. The van der Waals surface area contributed by atoms with Crippen LogP contribution in [0.5, 0.6) is 5.75 Å². The molecule has 3 rings (SSSR count). The number of halogens is 1. The van der Waals surface area contributed by atoms with Gasteiger partial charge in [-0.05, 0) is 62.1 Å². The van der Waals surface area contributed by atoms with Crippen LogP contribution in [0.25, 0.3) is 0 Å². The van der Waals surface area contributed by atoms with E-state index in [2.05, 4.69) is 4.72 Å². The highest BCUT2D eigenvalue weighted by molar-refractivity contribution is 7.92. The van der Waals surface area contributed by atoms with Gasteiger partial charge in [0.25, 0.3) is 10.0 Å². The first-order chi connectivity index (χ1) is 11.0. The molecule has 0 radical (unpaired) electrons. The van der Waals surface area contributed by atoms with E-state index < -0.39 is 10.0 Å². The Kier molecular flexibility index (Phi) is 4.78. The molecule has 0 heterocycles. The molecule has 0 aliphatic heterocycles. The van der Waals surface area contributed by atoms with Crippen molar-refractivity contribution in [1.29, 1.82) is 0 Å². The van der Waals surface area contributed by atoms with E-state index in [1.54, 1.807) is 42.5 Å². The molecule has 1 saturated carbocycles. The molecule has 0 spiro atoms.